The van der Waals surface area contributed by atoms with E-state index in [9.17, 15) is 14.8 Å². The number of fused-ring (bicyclic) bond motifs is 1. The number of methoxy groups -OCH3 is 1. The summed E-state index contributed by atoms with van der Waals surface area (Å²) < 4.78 is 19.9. The molecule has 1 aliphatic carbocycles. The van der Waals surface area contributed by atoms with Gasteiger partial charge in [-0.2, -0.15) is 5.26 Å². The van der Waals surface area contributed by atoms with E-state index in [1.165, 1.54) is 13.3 Å². The van der Waals surface area contributed by atoms with E-state index in [2.05, 4.69) is 26.3 Å². The maximum absolute atomic E-state index is 14.7. The van der Waals surface area contributed by atoms with Gasteiger partial charge in [0.2, 0.25) is 11.8 Å². The number of nitrogens with zero attached hydrogens (tertiary/aromatic N) is 4. The Morgan fingerprint density at radius 3 is 2.84 bits per heavy atom. The third kappa shape index (κ3) is 3.78. The number of anilines is 2. The van der Waals surface area contributed by atoms with Crippen molar-refractivity contribution >= 4 is 23.2 Å². The topological polar surface area (TPSA) is 104 Å². The van der Waals surface area contributed by atoms with Crippen LogP contribution in [0.2, 0.25) is 5.02 Å². The van der Waals surface area contributed by atoms with Gasteiger partial charge in [0.15, 0.2) is 5.82 Å². The number of nitriles is 1. The lowest BCUT2D eigenvalue weighted by Crippen LogP contribution is -2.23. The van der Waals surface area contributed by atoms with E-state index in [1.54, 1.807) is 18.2 Å². The van der Waals surface area contributed by atoms with Gasteiger partial charge in [0.25, 0.3) is 0 Å². The molecular formula is C22H19ClFN5O2. The van der Waals surface area contributed by atoms with Crippen LogP contribution in [0.4, 0.5) is 16.0 Å². The number of aliphatic hydroxyl groups excluding tert-OH is 1. The summed E-state index contributed by atoms with van der Waals surface area (Å²) >= 11 is 6.01. The molecule has 3 aromatic rings. The molecule has 1 aliphatic rings. The van der Waals surface area contributed by atoms with Gasteiger partial charge >= 0.3 is 0 Å². The van der Waals surface area contributed by atoms with Crippen LogP contribution in [0.25, 0.3) is 11.3 Å². The first-order chi connectivity index (χ1) is 14.9. The van der Waals surface area contributed by atoms with Crippen LogP contribution in [0.5, 0.6) is 5.88 Å². The van der Waals surface area contributed by atoms with E-state index in [1.807, 2.05) is 6.92 Å². The summed E-state index contributed by atoms with van der Waals surface area (Å²) in [7, 11) is 1.46. The van der Waals surface area contributed by atoms with Crippen molar-refractivity contribution in [2.75, 3.05) is 19.0 Å². The largest absolute Gasteiger partial charge is 0.480 e. The fourth-order valence-corrected chi connectivity index (χ4v) is 4.00. The van der Waals surface area contributed by atoms with Gasteiger partial charge < -0.3 is 15.2 Å². The van der Waals surface area contributed by atoms with Crippen LogP contribution in [-0.2, 0) is 11.8 Å². The van der Waals surface area contributed by atoms with Gasteiger partial charge in [0.05, 0.1) is 36.6 Å². The summed E-state index contributed by atoms with van der Waals surface area (Å²) in [6.07, 6.45) is 3.90. The molecule has 0 fully saturated rings. The van der Waals surface area contributed by atoms with Gasteiger partial charge in [0, 0.05) is 17.2 Å². The van der Waals surface area contributed by atoms with Gasteiger partial charge in [-0.3, -0.25) is 0 Å². The maximum atomic E-state index is 14.7. The summed E-state index contributed by atoms with van der Waals surface area (Å²) in [5.74, 6) is -0.237. The third-order valence-electron chi connectivity index (χ3n) is 5.57. The number of rotatable bonds is 5. The Labute approximate surface area is 183 Å². The van der Waals surface area contributed by atoms with Crippen molar-refractivity contribution in [2.45, 2.75) is 25.2 Å². The van der Waals surface area contributed by atoms with Crippen molar-refractivity contribution in [3.05, 3.63) is 58.1 Å². The zero-order valence-corrected chi connectivity index (χ0v) is 17.7. The van der Waals surface area contributed by atoms with Gasteiger partial charge in [-0.25, -0.2) is 19.3 Å². The van der Waals surface area contributed by atoms with Gasteiger partial charge in [-0.1, -0.05) is 18.5 Å². The number of hydrogen-bond donors (Lipinski definition) is 2. The highest BCUT2D eigenvalue weighted by Gasteiger charge is 2.36. The monoisotopic (exact) mass is 439 g/mol. The molecule has 2 heterocycles. The summed E-state index contributed by atoms with van der Waals surface area (Å²) in [4.78, 5) is 12.4. The zero-order chi connectivity index (χ0) is 22.2. The van der Waals surface area contributed by atoms with Crippen LogP contribution in [0, 0.1) is 17.1 Å². The average molecular weight is 440 g/mol. The Balaban J connectivity index is 1.79. The molecule has 1 atom stereocenters. The lowest BCUT2D eigenvalue weighted by atomic mass is 9.83. The first-order valence-electron chi connectivity index (χ1n) is 9.56. The minimum Gasteiger partial charge on any atom is -0.480 e. The van der Waals surface area contributed by atoms with Crippen LogP contribution < -0.4 is 10.1 Å². The molecule has 31 heavy (non-hydrogen) atoms. The van der Waals surface area contributed by atoms with Crippen molar-refractivity contribution in [3.63, 3.8) is 0 Å². The highest BCUT2D eigenvalue weighted by atomic mass is 35.5. The minimum atomic E-state index is -0.630. The van der Waals surface area contributed by atoms with E-state index in [4.69, 9.17) is 16.3 Å². The quantitative estimate of drug-likeness (QED) is 0.615. The number of aliphatic hydroxyl groups is 1. The summed E-state index contributed by atoms with van der Waals surface area (Å²) in [5.41, 5.74) is 2.61. The van der Waals surface area contributed by atoms with Gasteiger partial charge in [-0.15, -0.1) is 0 Å². The molecule has 0 saturated heterocycles. The number of aromatic nitrogens is 3. The molecule has 0 saturated carbocycles. The molecule has 158 valence electrons. The average Bonchev–Trinajstić information content (AvgIpc) is 3.12. The third-order valence-corrected chi connectivity index (χ3v) is 5.78. The Hall–Kier alpha value is -3.28. The van der Waals surface area contributed by atoms with E-state index < -0.39 is 11.2 Å². The Bertz CT molecular complexity index is 1210. The normalized spacial score (nSPS) is 17.2. The van der Waals surface area contributed by atoms with Crippen molar-refractivity contribution in [1.82, 2.24) is 15.0 Å². The highest BCUT2D eigenvalue weighted by molar-refractivity contribution is 6.30. The number of benzene rings is 1. The second-order valence-corrected chi connectivity index (χ2v) is 8.04. The molecular weight excluding hydrogens is 421 g/mol. The smallest absolute Gasteiger partial charge is 0.237 e. The Kier molecular flexibility index (Phi) is 5.48. The predicted octanol–water partition coefficient (Wildman–Crippen LogP) is 4.15. The van der Waals surface area contributed by atoms with E-state index >= 15 is 0 Å². The molecule has 7 nitrogen and oxygen atoms in total. The van der Waals surface area contributed by atoms with Crippen molar-refractivity contribution < 1.29 is 14.2 Å². The fraction of sp³-hybridized carbons (Fsp3) is 0.273. The second kappa shape index (κ2) is 8.10. The molecule has 0 bridgehead atoms. The van der Waals surface area contributed by atoms with Crippen molar-refractivity contribution in [2.24, 2.45) is 0 Å². The number of halogens is 2. The molecule has 2 aromatic heterocycles. The van der Waals surface area contributed by atoms with E-state index in [0.29, 0.717) is 28.3 Å². The summed E-state index contributed by atoms with van der Waals surface area (Å²) in [6.45, 7) is 1.88. The lowest BCUT2D eigenvalue weighted by Gasteiger charge is -2.23. The van der Waals surface area contributed by atoms with Crippen LogP contribution in [0.15, 0.2) is 30.6 Å². The molecule has 0 aliphatic heterocycles. The number of nitrogens with one attached hydrogen (secondary N) is 1. The predicted molar refractivity (Wildman–Crippen MR) is 114 cm³/mol. The first-order valence-corrected chi connectivity index (χ1v) is 9.94. The van der Waals surface area contributed by atoms with Crippen LogP contribution in [0.3, 0.4) is 0 Å². The lowest BCUT2D eigenvalue weighted by molar-refractivity contribution is 0.206. The van der Waals surface area contributed by atoms with Crippen LogP contribution in [0.1, 0.15) is 30.0 Å². The molecule has 0 radical (unpaired) electrons. The molecule has 9 heteroatoms. The van der Waals surface area contributed by atoms with Crippen molar-refractivity contribution in [1.29, 1.82) is 5.26 Å². The standard InChI is InChI=1S/C22H19ClFN5O2/c1-22(11-30)4-3-15-13(8-25)5-12(6-16(15)22)19-17(24)10-27-21(29-19)28-18-7-14(23)9-26-20(18)31-2/h5-7,9-10,30H,3-4,11H2,1-2H3,(H,27,28,29). The number of ether oxygens (including phenoxy) is 1. The van der Waals surface area contributed by atoms with Crippen LogP contribution in [-0.4, -0.2) is 33.8 Å². The Morgan fingerprint density at radius 2 is 2.13 bits per heavy atom. The highest BCUT2D eigenvalue weighted by Crippen LogP contribution is 2.42. The van der Waals surface area contributed by atoms with Gasteiger partial charge in [-0.05, 0) is 42.2 Å². The minimum absolute atomic E-state index is 0.0398. The van der Waals surface area contributed by atoms with Crippen molar-refractivity contribution in [3.8, 4) is 23.2 Å². The molecule has 0 amide bonds. The fourth-order valence-electron chi connectivity index (χ4n) is 3.85. The van der Waals surface area contributed by atoms with Crippen LogP contribution >= 0.6 is 11.6 Å². The van der Waals surface area contributed by atoms with E-state index in [-0.39, 0.29) is 24.1 Å². The zero-order valence-electron chi connectivity index (χ0n) is 16.9. The first kappa shape index (κ1) is 21.0. The molecule has 4 rings (SSSR count). The molecule has 0 spiro atoms. The SMILES string of the molecule is COc1ncc(Cl)cc1Nc1ncc(F)c(-c2cc(C#N)c3c(c2)C(C)(CO)CC3)n1. The second-order valence-electron chi connectivity index (χ2n) is 7.61. The molecule has 2 N–H and O–H groups in total. The summed E-state index contributed by atoms with van der Waals surface area (Å²) in [5, 5.41) is 22.9. The Morgan fingerprint density at radius 1 is 1.32 bits per heavy atom. The molecule has 1 unspecified atom stereocenters. The molecule has 1 aromatic carbocycles. The number of hydrogen-bond acceptors (Lipinski definition) is 7. The summed E-state index contributed by atoms with van der Waals surface area (Å²) in [6, 6.07) is 7.21. The maximum Gasteiger partial charge on any atom is 0.237 e. The van der Waals surface area contributed by atoms with Gasteiger partial charge in [0.1, 0.15) is 11.4 Å². The van der Waals surface area contributed by atoms with E-state index in [0.717, 1.165) is 23.7 Å². The number of pyridine rings is 1.